The van der Waals surface area contributed by atoms with Gasteiger partial charge < -0.3 is 25.4 Å². The Hall–Kier alpha value is -1.72. The van der Waals surface area contributed by atoms with Crippen molar-refractivity contribution in [2.75, 3.05) is 6.61 Å². The Kier molecular flexibility index (Phi) is 7.06. The predicted molar refractivity (Wildman–Crippen MR) is 122 cm³/mol. The number of esters is 1. The molecule has 170 valence electrons. The SMILES string of the molecule is N[C@H](Cc1ccccc1)C(=O)OCC1OC(n2c(Br)nc3cc(Cl)c(Cl)cc32)C(O)C1O. The van der Waals surface area contributed by atoms with Crippen molar-refractivity contribution in [3.63, 3.8) is 0 Å². The molecule has 1 aliphatic rings. The summed E-state index contributed by atoms with van der Waals surface area (Å²) in [7, 11) is 0. The monoisotopic (exact) mass is 543 g/mol. The van der Waals surface area contributed by atoms with Gasteiger partial charge >= 0.3 is 5.97 Å². The highest BCUT2D eigenvalue weighted by atomic mass is 79.9. The molecule has 4 N–H and O–H groups in total. The number of carbonyl (C=O) groups is 1. The first-order valence-electron chi connectivity index (χ1n) is 9.76. The molecule has 1 aromatic heterocycles. The standard InChI is InChI=1S/C21H20BrCl2N3O5/c22-21-26-14-7-11(23)12(24)8-15(14)27(21)19-18(29)17(28)16(32-19)9-31-20(30)13(25)6-10-4-2-1-3-5-10/h1-5,7-8,13,16-19,28-29H,6,9,25H2/t13-,16?,17?,18?,19?/m1/s1. The van der Waals surface area contributed by atoms with Crippen LogP contribution in [0.4, 0.5) is 0 Å². The van der Waals surface area contributed by atoms with Crippen LogP contribution in [0.1, 0.15) is 11.8 Å². The van der Waals surface area contributed by atoms with Crippen LogP contribution in [0.3, 0.4) is 0 Å². The average Bonchev–Trinajstić information content (AvgIpc) is 3.22. The molecular weight excluding hydrogens is 525 g/mol. The summed E-state index contributed by atoms with van der Waals surface area (Å²) in [6.07, 6.45) is -4.25. The van der Waals surface area contributed by atoms with Crippen molar-refractivity contribution in [2.24, 2.45) is 5.73 Å². The van der Waals surface area contributed by atoms with E-state index < -0.39 is 36.6 Å². The first kappa shape index (κ1) is 23.4. The van der Waals surface area contributed by atoms with E-state index in [4.69, 9.17) is 38.4 Å². The minimum atomic E-state index is -1.31. The Morgan fingerprint density at radius 1 is 1.22 bits per heavy atom. The van der Waals surface area contributed by atoms with E-state index in [9.17, 15) is 15.0 Å². The zero-order chi connectivity index (χ0) is 23.0. The average molecular weight is 545 g/mol. The third kappa shape index (κ3) is 4.65. The summed E-state index contributed by atoms with van der Waals surface area (Å²) in [6.45, 7) is -0.271. The second-order valence-corrected chi connectivity index (χ2v) is 9.00. The number of hydrogen-bond acceptors (Lipinski definition) is 7. The van der Waals surface area contributed by atoms with E-state index in [2.05, 4.69) is 20.9 Å². The molecule has 0 bridgehead atoms. The fourth-order valence-corrected chi connectivity index (χ4v) is 4.51. The van der Waals surface area contributed by atoms with Crippen LogP contribution in [-0.2, 0) is 20.7 Å². The fraction of sp³-hybridized carbons (Fsp3) is 0.333. The van der Waals surface area contributed by atoms with Gasteiger partial charge in [0.05, 0.1) is 21.1 Å². The van der Waals surface area contributed by atoms with E-state index in [1.807, 2.05) is 30.3 Å². The van der Waals surface area contributed by atoms with E-state index in [1.54, 1.807) is 16.7 Å². The van der Waals surface area contributed by atoms with Gasteiger partial charge in [-0.1, -0.05) is 53.5 Å². The number of carbonyl (C=O) groups excluding carboxylic acids is 1. The molecule has 0 spiro atoms. The van der Waals surface area contributed by atoms with Gasteiger partial charge in [-0.15, -0.1) is 0 Å². The first-order valence-corrected chi connectivity index (χ1v) is 11.3. The highest BCUT2D eigenvalue weighted by molar-refractivity contribution is 9.10. The normalized spacial score (nSPS) is 24.1. The lowest BCUT2D eigenvalue weighted by molar-refractivity contribution is -0.151. The number of benzene rings is 2. The summed E-state index contributed by atoms with van der Waals surface area (Å²) in [5.41, 5.74) is 7.92. The topological polar surface area (TPSA) is 120 Å². The number of aliphatic hydroxyl groups excluding tert-OH is 2. The first-order chi connectivity index (χ1) is 15.3. The van der Waals surface area contributed by atoms with Crippen LogP contribution < -0.4 is 5.73 Å². The van der Waals surface area contributed by atoms with Crippen molar-refractivity contribution in [1.82, 2.24) is 9.55 Å². The van der Waals surface area contributed by atoms with Crippen LogP contribution in [0.2, 0.25) is 10.0 Å². The van der Waals surface area contributed by atoms with Gasteiger partial charge in [0.15, 0.2) is 11.0 Å². The van der Waals surface area contributed by atoms with Gasteiger partial charge in [0.25, 0.3) is 0 Å². The van der Waals surface area contributed by atoms with Crippen LogP contribution in [0, 0.1) is 0 Å². The molecule has 0 amide bonds. The Balaban J connectivity index is 1.45. The zero-order valence-electron chi connectivity index (χ0n) is 16.6. The quantitative estimate of drug-likeness (QED) is 0.408. The molecule has 1 aliphatic heterocycles. The fourth-order valence-electron chi connectivity index (χ4n) is 3.61. The third-order valence-electron chi connectivity index (χ3n) is 5.27. The lowest BCUT2D eigenvalue weighted by Gasteiger charge is -2.18. The lowest BCUT2D eigenvalue weighted by atomic mass is 10.1. The van der Waals surface area contributed by atoms with E-state index in [0.29, 0.717) is 32.2 Å². The van der Waals surface area contributed by atoms with E-state index >= 15 is 0 Å². The van der Waals surface area contributed by atoms with Gasteiger partial charge in [-0.05, 0) is 40.0 Å². The zero-order valence-corrected chi connectivity index (χ0v) is 19.7. The molecule has 32 heavy (non-hydrogen) atoms. The van der Waals surface area contributed by atoms with Gasteiger partial charge in [-0.2, -0.15) is 0 Å². The number of rotatable bonds is 6. The summed E-state index contributed by atoms with van der Waals surface area (Å²) in [6, 6.07) is 11.6. The molecule has 0 saturated carbocycles. The predicted octanol–water partition coefficient (Wildman–Crippen LogP) is 2.84. The van der Waals surface area contributed by atoms with Gasteiger partial charge in [0, 0.05) is 0 Å². The number of aromatic nitrogens is 2. The summed E-state index contributed by atoms with van der Waals surface area (Å²) >= 11 is 15.5. The maximum atomic E-state index is 12.3. The number of halogens is 3. The smallest absolute Gasteiger partial charge is 0.323 e. The van der Waals surface area contributed by atoms with E-state index in [0.717, 1.165) is 5.56 Å². The molecule has 11 heteroatoms. The number of hydrogen-bond donors (Lipinski definition) is 3. The summed E-state index contributed by atoms with van der Waals surface area (Å²) < 4.78 is 13.0. The number of nitrogens with zero attached hydrogens (tertiary/aromatic N) is 2. The maximum Gasteiger partial charge on any atom is 0.323 e. The highest BCUT2D eigenvalue weighted by Gasteiger charge is 2.45. The van der Waals surface area contributed by atoms with Gasteiger partial charge in [-0.25, -0.2) is 4.98 Å². The van der Waals surface area contributed by atoms with Gasteiger partial charge in [-0.3, -0.25) is 9.36 Å². The number of fused-ring (bicyclic) bond motifs is 1. The van der Waals surface area contributed by atoms with E-state index in [1.165, 1.54) is 0 Å². The van der Waals surface area contributed by atoms with Crippen LogP contribution >= 0.6 is 39.1 Å². The van der Waals surface area contributed by atoms with Crippen molar-refractivity contribution in [3.05, 3.63) is 62.8 Å². The maximum absolute atomic E-state index is 12.3. The van der Waals surface area contributed by atoms with Crippen LogP contribution in [-0.4, -0.2) is 56.7 Å². The molecule has 3 aromatic rings. The van der Waals surface area contributed by atoms with Gasteiger partial charge in [0.1, 0.15) is 31.0 Å². The molecular formula is C21H20BrCl2N3O5. The Bertz CT molecular complexity index is 1130. The molecule has 2 aromatic carbocycles. The summed E-state index contributed by atoms with van der Waals surface area (Å²) in [5, 5.41) is 21.7. The molecule has 8 nitrogen and oxygen atoms in total. The largest absolute Gasteiger partial charge is 0.462 e. The minimum Gasteiger partial charge on any atom is -0.462 e. The Morgan fingerprint density at radius 3 is 2.62 bits per heavy atom. The summed E-state index contributed by atoms with van der Waals surface area (Å²) in [4.78, 5) is 16.6. The number of nitrogens with two attached hydrogens (primary N) is 1. The molecule has 4 rings (SSSR count). The summed E-state index contributed by atoms with van der Waals surface area (Å²) in [5.74, 6) is -0.627. The number of imidazole rings is 1. The van der Waals surface area contributed by atoms with Crippen molar-refractivity contribution in [3.8, 4) is 0 Å². The molecule has 1 fully saturated rings. The Morgan fingerprint density at radius 2 is 1.91 bits per heavy atom. The minimum absolute atomic E-state index is 0.271. The lowest BCUT2D eigenvalue weighted by Crippen LogP contribution is -2.38. The van der Waals surface area contributed by atoms with Crippen molar-refractivity contribution in [2.45, 2.75) is 37.0 Å². The second-order valence-electron chi connectivity index (χ2n) is 7.48. The molecule has 4 unspecified atom stereocenters. The molecule has 1 saturated heterocycles. The van der Waals surface area contributed by atoms with E-state index in [-0.39, 0.29) is 6.61 Å². The molecule has 0 radical (unpaired) electrons. The third-order valence-corrected chi connectivity index (χ3v) is 6.55. The number of ether oxygens (including phenoxy) is 2. The molecule has 5 atom stereocenters. The van der Waals surface area contributed by atoms with Crippen molar-refractivity contribution < 1.29 is 24.5 Å². The van der Waals surface area contributed by atoms with Crippen LogP contribution in [0.25, 0.3) is 11.0 Å². The van der Waals surface area contributed by atoms with Gasteiger partial charge in [0.2, 0.25) is 0 Å². The van der Waals surface area contributed by atoms with Crippen LogP contribution in [0.5, 0.6) is 0 Å². The van der Waals surface area contributed by atoms with Crippen molar-refractivity contribution >= 4 is 56.1 Å². The number of aliphatic hydroxyl groups is 2. The highest BCUT2D eigenvalue weighted by Crippen LogP contribution is 2.37. The second kappa shape index (κ2) is 9.64. The van der Waals surface area contributed by atoms with Crippen molar-refractivity contribution in [1.29, 1.82) is 0 Å². The molecule has 2 heterocycles. The molecule has 0 aliphatic carbocycles. The Labute approximate surface area is 202 Å². The van der Waals surface area contributed by atoms with Crippen LogP contribution in [0.15, 0.2) is 47.2 Å².